The molecule has 152 valence electrons. The number of H-pyrrole nitrogens is 1. The molecule has 3 heterocycles. The Balaban J connectivity index is 1.60. The third-order valence-corrected chi connectivity index (χ3v) is 5.41. The third-order valence-electron chi connectivity index (χ3n) is 5.13. The molecule has 1 amide bonds. The molecule has 3 aromatic rings. The predicted molar refractivity (Wildman–Crippen MR) is 111 cm³/mol. The van der Waals surface area contributed by atoms with Crippen LogP contribution in [0.3, 0.4) is 0 Å². The summed E-state index contributed by atoms with van der Waals surface area (Å²) >= 11 is 6.26. The van der Waals surface area contributed by atoms with Gasteiger partial charge in [-0.1, -0.05) is 11.6 Å². The highest BCUT2D eigenvalue weighted by molar-refractivity contribution is 6.32. The van der Waals surface area contributed by atoms with E-state index in [1.807, 2.05) is 17.6 Å². The average molecular weight is 416 g/mol. The van der Waals surface area contributed by atoms with Crippen molar-refractivity contribution in [2.45, 2.75) is 32.7 Å². The summed E-state index contributed by atoms with van der Waals surface area (Å²) < 4.78 is 1.51. The molecule has 29 heavy (non-hydrogen) atoms. The van der Waals surface area contributed by atoms with Crippen LogP contribution in [0.4, 0.5) is 17.5 Å². The summed E-state index contributed by atoms with van der Waals surface area (Å²) in [4.78, 5) is 24.2. The number of fused-ring (bicyclic) bond motifs is 1. The van der Waals surface area contributed by atoms with Gasteiger partial charge in [0.05, 0.1) is 18.1 Å². The lowest BCUT2D eigenvalue weighted by Gasteiger charge is -2.09. The van der Waals surface area contributed by atoms with Gasteiger partial charge in [-0.25, -0.2) is 0 Å². The van der Waals surface area contributed by atoms with E-state index in [2.05, 4.69) is 43.8 Å². The van der Waals surface area contributed by atoms with Crippen LogP contribution >= 0.6 is 11.6 Å². The van der Waals surface area contributed by atoms with Crippen molar-refractivity contribution in [3.63, 3.8) is 0 Å². The van der Waals surface area contributed by atoms with Crippen LogP contribution in [0.15, 0.2) is 30.2 Å². The largest absolute Gasteiger partial charge is 0.357 e. The lowest BCUT2D eigenvalue weighted by molar-refractivity contribution is -0.499. The van der Waals surface area contributed by atoms with Gasteiger partial charge in [0, 0.05) is 13.2 Å². The number of nitrogens with one attached hydrogen (secondary N) is 3. The number of aromatic nitrogens is 5. The van der Waals surface area contributed by atoms with Crippen molar-refractivity contribution in [2.24, 2.45) is 5.92 Å². The minimum Gasteiger partial charge on any atom is -0.357 e. The Labute approximate surface area is 172 Å². The maximum atomic E-state index is 11.9. The zero-order valence-electron chi connectivity index (χ0n) is 16.5. The third kappa shape index (κ3) is 4.10. The maximum Gasteiger partial charge on any atom is 0.244 e. The number of likely N-dealkylation sites (N-methyl/N-ethyl adjacent to an activating group) is 1. The highest BCUT2D eigenvalue weighted by Crippen LogP contribution is 2.35. The summed E-state index contributed by atoms with van der Waals surface area (Å²) in [6, 6.07) is 1.47. The fourth-order valence-electron chi connectivity index (χ4n) is 3.13. The zero-order chi connectivity index (χ0) is 20.5. The molecule has 0 bridgehead atoms. The summed E-state index contributed by atoms with van der Waals surface area (Å²) in [7, 11) is 1.58. The fourth-order valence-corrected chi connectivity index (χ4v) is 3.32. The molecule has 0 radical (unpaired) electrons. The van der Waals surface area contributed by atoms with E-state index < -0.39 is 6.04 Å². The molecule has 10 heteroatoms. The molecular weight excluding hydrogens is 392 g/mol. The first-order chi connectivity index (χ1) is 14.0. The molecule has 9 nitrogen and oxygen atoms in total. The van der Waals surface area contributed by atoms with E-state index in [4.69, 9.17) is 11.6 Å². The molecule has 0 saturated heterocycles. The first-order valence-electron chi connectivity index (χ1n) is 9.56. The van der Waals surface area contributed by atoms with Crippen LogP contribution < -0.4 is 16.0 Å². The molecule has 1 unspecified atom stereocenters. The molecule has 3 aromatic heterocycles. The Morgan fingerprint density at radius 1 is 1.45 bits per heavy atom. The molecule has 0 aliphatic heterocycles. The summed E-state index contributed by atoms with van der Waals surface area (Å²) in [6.07, 6.45) is 8.18. The summed E-state index contributed by atoms with van der Waals surface area (Å²) in [5, 5.41) is 13.1. The zero-order valence-corrected chi connectivity index (χ0v) is 17.3. The van der Waals surface area contributed by atoms with Gasteiger partial charge in [-0.3, -0.25) is 14.8 Å². The minimum absolute atomic E-state index is 0.158. The second kappa shape index (κ2) is 7.84. The number of quaternary nitrogens is 1. The van der Waals surface area contributed by atoms with Crippen molar-refractivity contribution >= 4 is 46.0 Å². The van der Waals surface area contributed by atoms with Crippen LogP contribution in [0, 0.1) is 5.92 Å². The van der Waals surface area contributed by atoms with Gasteiger partial charge in [-0.05, 0) is 44.2 Å². The highest BCUT2D eigenvalue weighted by Gasteiger charge is 2.24. The smallest absolute Gasteiger partial charge is 0.244 e. The Kier molecular flexibility index (Phi) is 5.25. The van der Waals surface area contributed by atoms with E-state index in [0.717, 1.165) is 16.9 Å². The highest BCUT2D eigenvalue weighted by atomic mass is 35.5. The van der Waals surface area contributed by atoms with E-state index in [1.165, 1.54) is 23.1 Å². The van der Waals surface area contributed by atoms with Crippen molar-refractivity contribution in [3.8, 4) is 0 Å². The van der Waals surface area contributed by atoms with E-state index in [1.54, 1.807) is 20.2 Å². The first kappa shape index (κ1) is 19.4. The Hall–Kier alpha value is -2.91. The van der Waals surface area contributed by atoms with E-state index in [9.17, 15) is 4.79 Å². The van der Waals surface area contributed by atoms with Crippen LogP contribution in [0.5, 0.6) is 0 Å². The van der Waals surface area contributed by atoms with Crippen LogP contribution in [0.2, 0.25) is 5.15 Å². The molecule has 1 aliphatic carbocycles. The second-order valence-electron chi connectivity index (χ2n) is 7.25. The van der Waals surface area contributed by atoms with E-state index in [0.29, 0.717) is 17.6 Å². The molecule has 5 N–H and O–H groups in total. The SMILES string of the molecule is CNC(=O)C(C)n1cc(Nc2nc([NH2+]C=C(C)C3CC3)c3cc[nH]c3n2)c(Cl)n1. The molecule has 0 aromatic carbocycles. The first-order valence-corrected chi connectivity index (χ1v) is 9.94. The number of rotatable bonds is 7. The topological polar surface area (TPSA) is 117 Å². The van der Waals surface area contributed by atoms with E-state index >= 15 is 0 Å². The average Bonchev–Trinajstić information content (AvgIpc) is 3.36. The van der Waals surface area contributed by atoms with Crippen molar-refractivity contribution in [1.29, 1.82) is 0 Å². The fraction of sp³-hybridized carbons (Fsp3) is 0.368. The number of nitrogens with zero attached hydrogens (tertiary/aromatic N) is 4. The molecule has 1 aliphatic rings. The summed E-state index contributed by atoms with van der Waals surface area (Å²) in [6.45, 7) is 3.90. The number of nitrogens with two attached hydrogens (primary N) is 1. The lowest BCUT2D eigenvalue weighted by Crippen LogP contribution is -2.72. The molecular formula is C19H24ClN8O+. The maximum absolute atomic E-state index is 11.9. The number of halogens is 1. The van der Waals surface area contributed by atoms with Gasteiger partial charge >= 0.3 is 0 Å². The Morgan fingerprint density at radius 2 is 2.24 bits per heavy atom. The Bertz CT molecular complexity index is 1080. The van der Waals surface area contributed by atoms with Gasteiger partial charge in [-0.2, -0.15) is 15.1 Å². The lowest BCUT2D eigenvalue weighted by atomic mass is 10.2. The molecule has 1 saturated carbocycles. The number of hydrogen-bond donors (Lipinski definition) is 4. The van der Waals surface area contributed by atoms with Gasteiger partial charge in [0.1, 0.15) is 17.1 Å². The monoisotopic (exact) mass is 415 g/mol. The van der Waals surface area contributed by atoms with Crippen molar-refractivity contribution in [2.75, 3.05) is 12.4 Å². The number of allylic oxidation sites excluding steroid dienone is 1. The summed E-state index contributed by atoms with van der Waals surface area (Å²) in [5.74, 6) is 1.77. The molecule has 1 atom stereocenters. The van der Waals surface area contributed by atoms with Gasteiger partial charge < -0.3 is 15.6 Å². The molecule has 4 rings (SSSR count). The van der Waals surface area contributed by atoms with E-state index in [-0.39, 0.29) is 11.1 Å². The van der Waals surface area contributed by atoms with Crippen LogP contribution in [-0.2, 0) is 4.79 Å². The molecule has 1 fully saturated rings. The number of carbonyl (C=O) groups excluding carboxylic acids is 1. The number of anilines is 2. The van der Waals surface area contributed by atoms with Gasteiger partial charge in [-0.15, -0.1) is 0 Å². The van der Waals surface area contributed by atoms with Gasteiger partial charge in [0.25, 0.3) is 0 Å². The molecule has 0 spiro atoms. The number of carbonyl (C=O) groups is 1. The number of hydrogen-bond acceptors (Lipinski definition) is 5. The van der Waals surface area contributed by atoms with Crippen molar-refractivity contribution in [1.82, 2.24) is 30.0 Å². The normalized spacial score (nSPS) is 15.5. The second-order valence-corrected chi connectivity index (χ2v) is 7.61. The van der Waals surface area contributed by atoms with Gasteiger partial charge in [0.15, 0.2) is 5.15 Å². The number of aromatic amines is 1. The standard InChI is InChI=1S/C19H23ClN8O/c1-10(12-4-5-12)8-23-17-13-6-7-22-16(13)25-19(26-17)24-14-9-28(27-15(14)20)11(2)18(29)21-3/h6-9,11-12H,4-5H2,1-3H3,(H,21,29)(H3,22,23,24,25,26)/p+1. The minimum atomic E-state index is -0.487. The van der Waals surface area contributed by atoms with Gasteiger partial charge in [0.2, 0.25) is 17.7 Å². The Morgan fingerprint density at radius 3 is 2.97 bits per heavy atom. The van der Waals surface area contributed by atoms with Crippen LogP contribution in [-0.4, -0.2) is 37.7 Å². The number of amides is 1. The van der Waals surface area contributed by atoms with Crippen molar-refractivity contribution in [3.05, 3.63) is 35.4 Å². The van der Waals surface area contributed by atoms with Crippen LogP contribution in [0.1, 0.15) is 32.7 Å². The predicted octanol–water partition coefficient (Wildman–Crippen LogP) is 2.37. The summed E-state index contributed by atoms with van der Waals surface area (Å²) in [5.41, 5.74) is 2.63. The quantitative estimate of drug-likeness (QED) is 0.472. The van der Waals surface area contributed by atoms with Crippen LogP contribution in [0.25, 0.3) is 11.0 Å². The van der Waals surface area contributed by atoms with Crippen molar-refractivity contribution < 1.29 is 10.1 Å².